The van der Waals surface area contributed by atoms with E-state index in [2.05, 4.69) is 23.2 Å². The molecule has 1 saturated carbocycles. The summed E-state index contributed by atoms with van der Waals surface area (Å²) >= 11 is 0. The van der Waals surface area contributed by atoms with E-state index in [9.17, 15) is 0 Å². The highest BCUT2D eigenvalue weighted by molar-refractivity contribution is 5.05. The van der Waals surface area contributed by atoms with Gasteiger partial charge >= 0.3 is 0 Å². The van der Waals surface area contributed by atoms with Crippen molar-refractivity contribution in [3.05, 3.63) is 24.2 Å². The van der Waals surface area contributed by atoms with Gasteiger partial charge in [0.15, 0.2) is 0 Å². The Balaban J connectivity index is 1.73. The van der Waals surface area contributed by atoms with E-state index < -0.39 is 0 Å². The topological polar surface area (TPSA) is 28.4 Å². The first-order valence-corrected chi connectivity index (χ1v) is 7.82. The molecule has 1 atom stereocenters. The molecule has 19 heavy (non-hydrogen) atoms. The van der Waals surface area contributed by atoms with Gasteiger partial charge in [0.25, 0.3) is 0 Å². The molecule has 1 saturated heterocycles. The summed E-state index contributed by atoms with van der Waals surface area (Å²) < 4.78 is 5.60. The molecule has 0 bridgehead atoms. The fourth-order valence-electron chi connectivity index (χ4n) is 3.76. The molecule has 3 heteroatoms. The van der Waals surface area contributed by atoms with E-state index in [1.807, 2.05) is 6.07 Å². The van der Waals surface area contributed by atoms with Gasteiger partial charge in [0, 0.05) is 18.6 Å². The van der Waals surface area contributed by atoms with Gasteiger partial charge in [-0.15, -0.1) is 0 Å². The number of nitrogens with zero attached hydrogens (tertiary/aromatic N) is 1. The van der Waals surface area contributed by atoms with Crippen molar-refractivity contribution in [1.82, 2.24) is 10.2 Å². The average Bonchev–Trinajstić information content (AvgIpc) is 2.90. The van der Waals surface area contributed by atoms with Crippen LogP contribution >= 0.6 is 0 Å². The maximum Gasteiger partial charge on any atom is 0.120 e. The van der Waals surface area contributed by atoms with E-state index in [-0.39, 0.29) is 0 Å². The molecule has 2 fully saturated rings. The smallest absolute Gasteiger partial charge is 0.120 e. The quantitative estimate of drug-likeness (QED) is 0.886. The van der Waals surface area contributed by atoms with E-state index >= 15 is 0 Å². The van der Waals surface area contributed by atoms with Crippen LogP contribution in [0.4, 0.5) is 0 Å². The van der Waals surface area contributed by atoms with Crippen LogP contribution in [0.3, 0.4) is 0 Å². The molecule has 0 amide bonds. The Labute approximate surface area is 116 Å². The van der Waals surface area contributed by atoms with Crippen LogP contribution in [0.2, 0.25) is 0 Å². The van der Waals surface area contributed by atoms with Gasteiger partial charge in [0.2, 0.25) is 0 Å². The molecule has 2 heterocycles. The summed E-state index contributed by atoms with van der Waals surface area (Å²) in [5.41, 5.74) is 0.371. The SMILES string of the molecule is CC(c1ccco1)N1CCCNC2(CCCCC2)C1. The summed E-state index contributed by atoms with van der Waals surface area (Å²) in [4.78, 5) is 2.62. The summed E-state index contributed by atoms with van der Waals surface area (Å²) in [7, 11) is 0. The number of rotatable bonds is 2. The lowest BCUT2D eigenvalue weighted by atomic mass is 9.81. The molecule has 1 aromatic rings. The summed E-state index contributed by atoms with van der Waals surface area (Å²) in [6.07, 6.45) is 9.90. The first kappa shape index (κ1) is 13.2. The highest BCUT2D eigenvalue weighted by atomic mass is 16.3. The fraction of sp³-hybridized carbons (Fsp3) is 0.750. The first-order chi connectivity index (χ1) is 9.29. The molecule has 1 aliphatic carbocycles. The van der Waals surface area contributed by atoms with Gasteiger partial charge in [0.05, 0.1) is 12.3 Å². The normalized spacial score (nSPS) is 26.2. The second kappa shape index (κ2) is 5.68. The fourth-order valence-corrected chi connectivity index (χ4v) is 3.76. The van der Waals surface area contributed by atoms with E-state index in [1.54, 1.807) is 6.26 Å². The zero-order chi connectivity index (χ0) is 13.1. The van der Waals surface area contributed by atoms with Gasteiger partial charge in [-0.05, 0) is 44.9 Å². The largest absolute Gasteiger partial charge is 0.468 e. The molecule has 0 radical (unpaired) electrons. The lowest BCUT2D eigenvalue weighted by molar-refractivity contribution is 0.124. The number of nitrogens with one attached hydrogen (secondary N) is 1. The van der Waals surface area contributed by atoms with Gasteiger partial charge < -0.3 is 9.73 Å². The average molecular weight is 262 g/mol. The third-order valence-electron chi connectivity index (χ3n) is 4.94. The van der Waals surface area contributed by atoms with Crippen LogP contribution in [0.1, 0.15) is 57.3 Å². The molecular formula is C16H26N2O. The highest BCUT2D eigenvalue weighted by Gasteiger charge is 2.36. The van der Waals surface area contributed by atoms with Gasteiger partial charge in [0.1, 0.15) is 5.76 Å². The Morgan fingerprint density at radius 1 is 1.26 bits per heavy atom. The molecule has 1 aliphatic heterocycles. The van der Waals surface area contributed by atoms with Crippen molar-refractivity contribution < 1.29 is 4.42 Å². The molecule has 1 aromatic heterocycles. The maximum absolute atomic E-state index is 5.60. The van der Waals surface area contributed by atoms with E-state index in [0.717, 1.165) is 5.76 Å². The van der Waals surface area contributed by atoms with Crippen molar-refractivity contribution in [2.24, 2.45) is 0 Å². The minimum Gasteiger partial charge on any atom is -0.468 e. The van der Waals surface area contributed by atoms with Crippen LogP contribution in [-0.4, -0.2) is 30.1 Å². The van der Waals surface area contributed by atoms with Crippen LogP contribution in [0.15, 0.2) is 22.8 Å². The standard InChI is InChI=1S/C16H26N2O/c1-14(15-7-5-12-19-15)18-11-6-10-17-16(13-18)8-3-2-4-9-16/h5,7,12,14,17H,2-4,6,8-11,13H2,1H3. The predicted octanol–water partition coefficient (Wildman–Crippen LogP) is 3.34. The molecule has 106 valence electrons. The molecule has 1 spiro atoms. The van der Waals surface area contributed by atoms with Crippen molar-refractivity contribution >= 4 is 0 Å². The Hall–Kier alpha value is -0.800. The van der Waals surface area contributed by atoms with E-state index in [4.69, 9.17) is 4.42 Å². The van der Waals surface area contributed by atoms with Crippen molar-refractivity contribution in [2.75, 3.05) is 19.6 Å². The summed E-state index contributed by atoms with van der Waals surface area (Å²) in [5.74, 6) is 1.10. The van der Waals surface area contributed by atoms with Crippen molar-refractivity contribution in [3.63, 3.8) is 0 Å². The zero-order valence-corrected chi connectivity index (χ0v) is 12.0. The third kappa shape index (κ3) is 2.87. The molecule has 0 aromatic carbocycles. The number of hydrogen-bond donors (Lipinski definition) is 1. The van der Waals surface area contributed by atoms with E-state index in [0.29, 0.717) is 11.6 Å². The van der Waals surface area contributed by atoms with Gasteiger partial charge in [-0.25, -0.2) is 0 Å². The van der Waals surface area contributed by atoms with Crippen molar-refractivity contribution in [3.8, 4) is 0 Å². The zero-order valence-electron chi connectivity index (χ0n) is 12.0. The summed E-state index contributed by atoms with van der Waals surface area (Å²) in [6, 6.07) is 4.50. The van der Waals surface area contributed by atoms with Crippen molar-refractivity contribution in [1.29, 1.82) is 0 Å². The second-order valence-corrected chi connectivity index (χ2v) is 6.28. The molecule has 3 nitrogen and oxygen atoms in total. The Morgan fingerprint density at radius 3 is 2.84 bits per heavy atom. The summed E-state index contributed by atoms with van der Waals surface area (Å²) in [6.45, 7) is 5.80. The van der Waals surface area contributed by atoms with Gasteiger partial charge in [-0.3, -0.25) is 4.90 Å². The Morgan fingerprint density at radius 2 is 2.11 bits per heavy atom. The van der Waals surface area contributed by atoms with Gasteiger partial charge in [-0.1, -0.05) is 19.3 Å². The molecule has 2 aliphatic rings. The van der Waals surface area contributed by atoms with Crippen LogP contribution in [-0.2, 0) is 0 Å². The molecule has 1 N–H and O–H groups in total. The van der Waals surface area contributed by atoms with Crippen LogP contribution in [0.5, 0.6) is 0 Å². The Kier molecular flexibility index (Phi) is 3.94. The first-order valence-electron chi connectivity index (χ1n) is 7.82. The number of hydrogen-bond acceptors (Lipinski definition) is 3. The maximum atomic E-state index is 5.60. The van der Waals surface area contributed by atoms with Crippen LogP contribution in [0, 0.1) is 0 Å². The second-order valence-electron chi connectivity index (χ2n) is 6.28. The number of furan rings is 1. The lowest BCUT2D eigenvalue weighted by Crippen LogP contribution is -2.52. The molecule has 3 rings (SSSR count). The predicted molar refractivity (Wildman–Crippen MR) is 77.1 cm³/mol. The van der Waals surface area contributed by atoms with Crippen LogP contribution in [0.25, 0.3) is 0 Å². The lowest BCUT2D eigenvalue weighted by Gasteiger charge is -2.41. The monoisotopic (exact) mass is 262 g/mol. The van der Waals surface area contributed by atoms with Crippen LogP contribution < -0.4 is 5.32 Å². The van der Waals surface area contributed by atoms with Crippen molar-refractivity contribution in [2.45, 2.75) is 57.0 Å². The Bertz CT molecular complexity index is 381. The molecular weight excluding hydrogens is 236 g/mol. The minimum absolute atomic E-state index is 0.371. The molecule has 1 unspecified atom stereocenters. The van der Waals surface area contributed by atoms with E-state index in [1.165, 1.54) is 58.2 Å². The third-order valence-corrected chi connectivity index (χ3v) is 4.94. The summed E-state index contributed by atoms with van der Waals surface area (Å²) in [5, 5.41) is 3.85. The highest BCUT2D eigenvalue weighted by Crippen LogP contribution is 2.33. The minimum atomic E-state index is 0.371. The van der Waals surface area contributed by atoms with Gasteiger partial charge in [-0.2, -0.15) is 0 Å².